The minimum Gasteiger partial charge on any atom is -0.481 e. The van der Waals surface area contributed by atoms with Crippen molar-refractivity contribution in [3.8, 4) is 0 Å². The summed E-state index contributed by atoms with van der Waals surface area (Å²) in [5, 5.41) is 8.81. The van der Waals surface area contributed by atoms with E-state index in [4.69, 9.17) is 5.11 Å². The van der Waals surface area contributed by atoms with Crippen molar-refractivity contribution in [2.45, 2.75) is 6.92 Å². The van der Waals surface area contributed by atoms with Gasteiger partial charge in [-0.05, 0) is 0 Å². The monoisotopic (exact) mass is 287 g/mol. The van der Waals surface area contributed by atoms with Crippen molar-refractivity contribution in [1.29, 1.82) is 0 Å². The zero-order chi connectivity index (χ0) is 15.0. The van der Waals surface area contributed by atoms with Crippen LogP contribution in [0.4, 0.5) is 13.2 Å². The van der Waals surface area contributed by atoms with Crippen LogP contribution in [0, 0.1) is 29.3 Å². The normalized spacial score (nSPS) is 16.7. The first kappa shape index (κ1) is 14.4. The first-order chi connectivity index (χ1) is 9.31. The number of carboxylic acid groups (broad SMARTS) is 1. The van der Waals surface area contributed by atoms with Crippen LogP contribution < -0.4 is 0 Å². The molecule has 4 nitrogen and oxygen atoms in total. The summed E-state index contributed by atoms with van der Waals surface area (Å²) in [6.45, 7) is 1.74. The zero-order valence-corrected chi connectivity index (χ0v) is 10.6. The van der Waals surface area contributed by atoms with Gasteiger partial charge in [-0.3, -0.25) is 9.59 Å². The van der Waals surface area contributed by atoms with Crippen molar-refractivity contribution >= 4 is 11.9 Å². The molecule has 1 aliphatic rings. The van der Waals surface area contributed by atoms with Crippen LogP contribution >= 0.6 is 0 Å². The third-order valence-electron chi connectivity index (χ3n) is 3.51. The second-order valence-corrected chi connectivity index (χ2v) is 4.84. The van der Waals surface area contributed by atoms with E-state index in [0.29, 0.717) is 12.1 Å². The van der Waals surface area contributed by atoms with Gasteiger partial charge in [0.2, 0.25) is 0 Å². The number of carbonyl (C=O) groups is 2. The fraction of sp³-hybridized carbons (Fsp3) is 0.385. The summed E-state index contributed by atoms with van der Waals surface area (Å²) in [7, 11) is 0. The van der Waals surface area contributed by atoms with Crippen molar-refractivity contribution in [1.82, 2.24) is 4.90 Å². The third-order valence-corrected chi connectivity index (χ3v) is 3.51. The molecule has 1 heterocycles. The molecule has 1 aromatic carbocycles. The summed E-state index contributed by atoms with van der Waals surface area (Å²) in [4.78, 5) is 23.8. The standard InChI is InChI=1S/C13H12F3NO3/c1-6(13(19)20)7-4-17(5-7)12(18)11-9(15)2-8(14)3-10(11)16/h2-3,6-7H,4-5H2,1H3,(H,19,20). The largest absolute Gasteiger partial charge is 0.481 e. The number of aliphatic carboxylic acids is 1. The van der Waals surface area contributed by atoms with Crippen LogP contribution in [-0.2, 0) is 4.79 Å². The molecular weight excluding hydrogens is 275 g/mol. The van der Waals surface area contributed by atoms with E-state index in [1.54, 1.807) is 0 Å². The van der Waals surface area contributed by atoms with Gasteiger partial charge in [-0.1, -0.05) is 6.92 Å². The number of hydrogen-bond donors (Lipinski definition) is 1. The quantitative estimate of drug-likeness (QED) is 0.923. The molecule has 20 heavy (non-hydrogen) atoms. The summed E-state index contributed by atoms with van der Waals surface area (Å²) in [6, 6.07) is 0.876. The Kier molecular flexibility index (Phi) is 3.69. The minimum absolute atomic E-state index is 0.114. The second-order valence-electron chi connectivity index (χ2n) is 4.84. The lowest BCUT2D eigenvalue weighted by atomic mass is 9.86. The average Bonchev–Trinajstić information content (AvgIpc) is 2.24. The molecular formula is C13H12F3NO3. The Morgan fingerprint density at radius 2 is 1.75 bits per heavy atom. The molecule has 1 amide bonds. The molecule has 0 radical (unpaired) electrons. The number of benzene rings is 1. The summed E-state index contributed by atoms with van der Waals surface area (Å²) >= 11 is 0. The van der Waals surface area contributed by atoms with E-state index in [-0.39, 0.29) is 19.0 Å². The Morgan fingerprint density at radius 1 is 1.25 bits per heavy atom. The molecule has 1 atom stereocenters. The van der Waals surface area contributed by atoms with Gasteiger partial charge in [-0.25, -0.2) is 13.2 Å². The zero-order valence-electron chi connectivity index (χ0n) is 10.6. The number of nitrogens with zero attached hydrogens (tertiary/aromatic N) is 1. The lowest BCUT2D eigenvalue weighted by molar-refractivity contribution is -0.144. The number of rotatable bonds is 3. The molecule has 1 unspecified atom stereocenters. The molecule has 108 valence electrons. The van der Waals surface area contributed by atoms with Crippen molar-refractivity contribution in [2.75, 3.05) is 13.1 Å². The highest BCUT2D eigenvalue weighted by molar-refractivity contribution is 5.95. The van der Waals surface area contributed by atoms with Crippen LogP contribution in [0.3, 0.4) is 0 Å². The van der Waals surface area contributed by atoms with Gasteiger partial charge in [-0.2, -0.15) is 0 Å². The first-order valence-electron chi connectivity index (χ1n) is 5.98. The van der Waals surface area contributed by atoms with Crippen LogP contribution in [0.5, 0.6) is 0 Å². The topological polar surface area (TPSA) is 57.6 Å². The highest BCUT2D eigenvalue weighted by Crippen LogP contribution is 2.27. The van der Waals surface area contributed by atoms with Gasteiger partial charge in [-0.15, -0.1) is 0 Å². The molecule has 1 N–H and O–H groups in total. The van der Waals surface area contributed by atoms with Gasteiger partial charge in [0.15, 0.2) is 0 Å². The smallest absolute Gasteiger partial charge is 0.306 e. The van der Waals surface area contributed by atoms with Crippen LogP contribution in [0.15, 0.2) is 12.1 Å². The molecule has 0 bridgehead atoms. The molecule has 7 heteroatoms. The molecule has 1 saturated heterocycles. The molecule has 0 aromatic heterocycles. The van der Waals surface area contributed by atoms with E-state index >= 15 is 0 Å². The summed E-state index contributed by atoms with van der Waals surface area (Å²) in [5.74, 6) is -6.39. The van der Waals surface area contributed by atoms with Crippen LogP contribution in [0.2, 0.25) is 0 Å². The number of likely N-dealkylation sites (tertiary alicyclic amines) is 1. The number of carbonyl (C=O) groups excluding carboxylic acids is 1. The maximum absolute atomic E-state index is 13.4. The van der Waals surface area contributed by atoms with Crippen molar-refractivity contribution in [2.24, 2.45) is 11.8 Å². The highest BCUT2D eigenvalue weighted by atomic mass is 19.1. The predicted octanol–water partition coefficient (Wildman–Crippen LogP) is 1.90. The van der Waals surface area contributed by atoms with Crippen molar-refractivity contribution < 1.29 is 27.9 Å². The number of carboxylic acids is 1. The minimum atomic E-state index is -1.26. The third kappa shape index (κ3) is 2.48. The maximum Gasteiger partial charge on any atom is 0.306 e. The molecule has 0 aliphatic carbocycles. The van der Waals surface area contributed by atoms with Crippen molar-refractivity contribution in [3.05, 3.63) is 35.1 Å². The lowest BCUT2D eigenvalue weighted by Gasteiger charge is -2.41. The maximum atomic E-state index is 13.4. The van der Waals surface area contributed by atoms with Gasteiger partial charge in [0, 0.05) is 31.1 Å². The van der Waals surface area contributed by atoms with E-state index in [9.17, 15) is 22.8 Å². The van der Waals surface area contributed by atoms with Crippen LogP contribution in [-0.4, -0.2) is 35.0 Å². The number of halogens is 3. The van der Waals surface area contributed by atoms with E-state index in [2.05, 4.69) is 0 Å². The Hall–Kier alpha value is -2.05. The first-order valence-corrected chi connectivity index (χ1v) is 5.98. The van der Waals surface area contributed by atoms with Crippen molar-refractivity contribution in [3.63, 3.8) is 0 Å². The fourth-order valence-corrected chi connectivity index (χ4v) is 2.10. The summed E-state index contributed by atoms with van der Waals surface area (Å²) in [6.07, 6.45) is 0. The Balaban J connectivity index is 2.10. The van der Waals surface area contributed by atoms with Gasteiger partial charge in [0.05, 0.1) is 5.92 Å². The van der Waals surface area contributed by atoms with E-state index < -0.39 is 40.8 Å². The van der Waals surface area contributed by atoms with Crippen LogP contribution in [0.25, 0.3) is 0 Å². The van der Waals surface area contributed by atoms with E-state index in [0.717, 1.165) is 4.90 Å². The molecule has 2 rings (SSSR count). The molecule has 1 aromatic rings. The molecule has 0 spiro atoms. The van der Waals surface area contributed by atoms with Gasteiger partial charge in [0.25, 0.3) is 5.91 Å². The Labute approximate surface area is 112 Å². The number of amides is 1. The average molecular weight is 287 g/mol. The Bertz CT molecular complexity index is 547. The SMILES string of the molecule is CC(C(=O)O)C1CN(C(=O)c2c(F)cc(F)cc2F)C1. The van der Waals surface area contributed by atoms with Crippen LogP contribution in [0.1, 0.15) is 17.3 Å². The Morgan fingerprint density at radius 3 is 2.20 bits per heavy atom. The molecule has 1 aliphatic heterocycles. The molecule has 1 fully saturated rings. The number of hydrogen-bond acceptors (Lipinski definition) is 2. The van der Waals surface area contributed by atoms with Gasteiger partial charge < -0.3 is 10.0 Å². The highest BCUT2D eigenvalue weighted by Gasteiger charge is 2.38. The fourth-order valence-electron chi connectivity index (χ4n) is 2.10. The lowest BCUT2D eigenvalue weighted by Crippen LogP contribution is -2.53. The molecule has 0 saturated carbocycles. The van der Waals surface area contributed by atoms with Gasteiger partial charge >= 0.3 is 5.97 Å². The summed E-state index contributed by atoms with van der Waals surface area (Å²) in [5.41, 5.74) is -0.812. The van der Waals surface area contributed by atoms with Gasteiger partial charge in [0.1, 0.15) is 23.0 Å². The predicted molar refractivity (Wildman–Crippen MR) is 62.5 cm³/mol. The summed E-state index contributed by atoms with van der Waals surface area (Å²) < 4.78 is 39.6. The van der Waals surface area contributed by atoms with E-state index in [1.807, 2.05) is 0 Å². The van der Waals surface area contributed by atoms with E-state index in [1.165, 1.54) is 6.92 Å². The second kappa shape index (κ2) is 5.15.